The highest BCUT2D eigenvalue weighted by Gasteiger charge is 2.19. The molecule has 0 aliphatic carbocycles. The summed E-state index contributed by atoms with van der Waals surface area (Å²) in [5.41, 5.74) is 1.27. The first-order chi connectivity index (χ1) is 10.1. The number of esters is 1. The Balaban J connectivity index is 2.00. The van der Waals surface area contributed by atoms with Crippen LogP contribution in [0.5, 0.6) is 0 Å². The predicted octanol–water partition coefficient (Wildman–Crippen LogP) is 2.64. The second-order valence-electron chi connectivity index (χ2n) is 5.09. The van der Waals surface area contributed by atoms with Crippen LogP contribution in [0.15, 0.2) is 18.2 Å². The van der Waals surface area contributed by atoms with Crippen molar-refractivity contribution in [3.05, 3.63) is 28.8 Å². The molecular weight excluding hydrogens is 288 g/mol. The van der Waals surface area contributed by atoms with Crippen molar-refractivity contribution >= 4 is 23.3 Å². The molecule has 0 aromatic heterocycles. The topological polar surface area (TPSA) is 41.6 Å². The molecule has 1 aromatic carbocycles. The maximum atomic E-state index is 11.6. The van der Waals surface area contributed by atoms with E-state index in [1.54, 1.807) is 18.2 Å². The van der Waals surface area contributed by atoms with Crippen LogP contribution in [0.1, 0.15) is 23.2 Å². The second kappa shape index (κ2) is 7.35. The number of nitrogens with zero attached hydrogens (tertiary/aromatic N) is 1. The minimum absolute atomic E-state index is 0.337. The molecule has 112 valence electrons. The summed E-state index contributed by atoms with van der Waals surface area (Å²) in [5, 5.41) is 4.02. The van der Waals surface area contributed by atoms with E-state index in [-0.39, 0.29) is 5.97 Å². The Kier molecular flexibility index (Phi) is 5.49. The summed E-state index contributed by atoms with van der Waals surface area (Å²) in [5.74, 6) is 2.31. The molecule has 5 heteroatoms. The monoisotopic (exact) mass is 306 g/mol. The molecule has 0 bridgehead atoms. The Labute approximate surface area is 130 Å². The number of carbonyl (C=O) groups excluding carboxylic acids is 1. The summed E-state index contributed by atoms with van der Waals surface area (Å²) in [6.07, 6.45) is 7.33. The van der Waals surface area contributed by atoms with Crippen LogP contribution in [-0.4, -0.2) is 43.7 Å². The SMILES string of the molecule is C#CCN1CCC(Nc2cc(C(=O)OC)ccc2Cl)CC1. The molecule has 0 unspecified atom stereocenters. The number of nitrogens with one attached hydrogen (secondary N) is 1. The summed E-state index contributed by atoms with van der Waals surface area (Å²) < 4.78 is 4.73. The molecule has 0 amide bonds. The number of anilines is 1. The molecule has 2 rings (SSSR count). The molecule has 1 saturated heterocycles. The van der Waals surface area contributed by atoms with Gasteiger partial charge in [-0.25, -0.2) is 4.79 Å². The molecule has 1 aliphatic heterocycles. The summed E-state index contributed by atoms with van der Waals surface area (Å²) in [6.45, 7) is 2.64. The van der Waals surface area contributed by atoms with Crippen molar-refractivity contribution in [2.24, 2.45) is 0 Å². The first kappa shape index (κ1) is 15.7. The standard InChI is InChI=1S/C16H19ClN2O2/c1-3-8-19-9-6-13(7-10-19)18-15-11-12(16(20)21-2)4-5-14(15)17/h1,4-5,11,13,18H,6-10H2,2H3. The Morgan fingerprint density at radius 3 is 2.86 bits per heavy atom. The Morgan fingerprint density at radius 2 is 2.24 bits per heavy atom. The molecule has 0 saturated carbocycles. The lowest BCUT2D eigenvalue weighted by Crippen LogP contribution is -2.39. The van der Waals surface area contributed by atoms with Crippen LogP contribution in [0.25, 0.3) is 0 Å². The predicted molar refractivity (Wildman–Crippen MR) is 84.7 cm³/mol. The largest absolute Gasteiger partial charge is 0.465 e. The van der Waals surface area contributed by atoms with E-state index in [1.165, 1.54) is 7.11 Å². The number of hydrogen-bond acceptors (Lipinski definition) is 4. The van der Waals surface area contributed by atoms with Crippen LogP contribution in [-0.2, 0) is 4.74 Å². The van der Waals surface area contributed by atoms with Gasteiger partial charge in [-0.05, 0) is 31.0 Å². The number of halogens is 1. The molecule has 1 aromatic rings. The van der Waals surface area contributed by atoms with Gasteiger partial charge in [-0.2, -0.15) is 0 Å². The molecule has 0 atom stereocenters. The van der Waals surface area contributed by atoms with Crippen molar-refractivity contribution in [1.29, 1.82) is 0 Å². The minimum atomic E-state index is -0.362. The van der Waals surface area contributed by atoms with Crippen LogP contribution in [0, 0.1) is 12.3 Å². The van der Waals surface area contributed by atoms with Crippen molar-refractivity contribution in [3.8, 4) is 12.3 Å². The molecule has 1 fully saturated rings. The van der Waals surface area contributed by atoms with Crippen molar-refractivity contribution in [1.82, 2.24) is 4.90 Å². The van der Waals surface area contributed by atoms with Gasteiger partial charge in [0.25, 0.3) is 0 Å². The van der Waals surface area contributed by atoms with Crippen LogP contribution in [0.2, 0.25) is 5.02 Å². The van der Waals surface area contributed by atoms with Gasteiger partial charge in [0.1, 0.15) is 0 Å². The van der Waals surface area contributed by atoms with Gasteiger partial charge in [-0.1, -0.05) is 17.5 Å². The third-order valence-corrected chi connectivity index (χ3v) is 3.98. The van der Waals surface area contributed by atoms with Gasteiger partial charge in [-0.3, -0.25) is 4.90 Å². The van der Waals surface area contributed by atoms with Crippen molar-refractivity contribution in [3.63, 3.8) is 0 Å². The van der Waals surface area contributed by atoms with Crippen molar-refractivity contribution < 1.29 is 9.53 Å². The van der Waals surface area contributed by atoms with E-state index in [0.717, 1.165) is 31.6 Å². The number of carbonyl (C=O) groups is 1. The highest BCUT2D eigenvalue weighted by atomic mass is 35.5. The van der Waals surface area contributed by atoms with Gasteiger partial charge in [0, 0.05) is 19.1 Å². The van der Waals surface area contributed by atoms with E-state index in [2.05, 4.69) is 16.1 Å². The average molecular weight is 307 g/mol. The maximum absolute atomic E-state index is 11.6. The number of methoxy groups -OCH3 is 1. The fraction of sp³-hybridized carbons (Fsp3) is 0.438. The smallest absolute Gasteiger partial charge is 0.337 e. The summed E-state index contributed by atoms with van der Waals surface area (Å²) in [7, 11) is 1.37. The van der Waals surface area contributed by atoms with Gasteiger partial charge >= 0.3 is 5.97 Å². The molecule has 1 aliphatic rings. The Morgan fingerprint density at radius 1 is 1.52 bits per heavy atom. The van der Waals surface area contributed by atoms with E-state index in [9.17, 15) is 4.79 Å². The number of benzene rings is 1. The first-order valence-electron chi connectivity index (χ1n) is 6.94. The zero-order chi connectivity index (χ0) is 15.2. The van der Waals surface area contributed by atoms with E-state index in [4.69, 9.17) is 22.8 Å². The van der Waals surface area contributed by atoms with Crippen molar-refractivity contribution in [2.75, 3.05) is 32.1 Å². The lowest BCUT2D eigenvalue weighted by molar-refractivity contribution is 0.0601. The number of rotatable bonds is 4. The van der Waals surface area contributed by atoms with Crippen LogP contribution in [0.3, 0.4) is 0 Å². The highest BCUT2D eigenvalue weighted by molar-refractivity contribution is 6.33. The first-order valence-corrected chi connectivity index (χ1v) is 7.32. The van der Waals surface area contributed by atoms with Gasteiger partial charge in [0.15, 0.2) is 0 Å². The third kappa shape index (κ3) is 4.13. The minimum Gasteiger partial charge on any atom is -0.465 e. The quantitative estimate of drug-likeness (QED) is 0.686. The number of likely N-dealkylation sites (tertiary alicyclic amines) is 1. The number of terminal acetylenes is 1. The zero-order valence-corrected chi connectivity index (χ0v) is 12.8. The molecule has 1 heterocycles. The van der Waals surface area contributed by atoms with Crippen LogP contribution in [0.4, 0.5) is 5.69 Å². The normalized spacial score (nSPS) is 16.2. The summed E-state index contributed by atoms with van der Waals surface area (Å²) in [6, 6.07) is 5.45. The molecule has 1 N–H and O–H groups in total. The molecular formula is C16H19ClN2O2. The van der Waals surface area contributed by atoms with Crippen LogP contribution >= 0.6 is 11.6 Å². The fourth-order valence-corrected chi connectivity index (χ4v) is 2.64. The number of ether oxygens (including phenoxy) is 1. The number of hydrogen-bond donors (Lipinski definition) is 1. The number of piperidine rings is 1. The molecule has 21 heavy (non-hydrogen) atoms. The Bertz CT molecular complexity index is 546. The molecule has 0 radical (unpaired) electrons. The second-order valence-corrected chi connectivity index (χ2v) is 5.49. The lowest BCUT2D eigenvalue weighted by Gasteiger charge is -2.31. The van der Waals surface area contributed by atoms with Gasteiger partial charge in [-0.15, -0.1) is 6.42 Å². The van der Waals surface area contributed by atoms with E-state index in [0.29, 0.717) is 23.2 Å². The maximum Gasteiger partial charge on any atom is 0.337 e. The summed E-state index contributed by atoms with van der Waals surface area (Å²) >= 11 is 6.19. The zero-order valence-electron chi connectivity index (χ0n) is 12.1. The Hall–Kier alpha value is -1.70. The lowest BCUT2D eigenvalue weighted by atomic mass is 10.0. The molecule has 0 spiro atoms. The highest BCUT2D eigenvalue weighted by Crippen LogP contribution is 2.26. The van der Waals surface area contributed by atoms with E-state index in [1.807, 2.05) is 0 Å². The average Bonchev–Trinajstić information content (AvgIpc) is 2.51. The van der Waals surface area contributed by atoms with E-state index < -0.39 is 0 Å². The van der Waals surface area contributed by atoms with Gasteiger partial charge < -0.3 is 10.1 Å². The third-order valence-electron chi connectivity index (χ3n) is 3.65. The van der Waals surface area contributed by atoms with Gasteiger partial charge in [0.2, 0.25) is 0 Å². The molecule has 4 nitrogen and oxygen atoms in total. The fourth-order valence-electron chi connectivity index (χ4n) is 2.47. The summed E-state index contributed by atoms with van der Waals surface area (Å²) in [4.78, 5) is 13.8. The van der Waals surface area contributed by atoms with E-state index >= 15 is 0 Å². The van der Waals surface area contributed by atoms with Crippen molar-refractivity contribution in [2.45, 2.75) is 18.9 Å². The van der Waals surface area contributed by atoms with Gasteiger partial charge in [0.05, 0.1) is 29.9 Å². The van der Waals surface area contributed by atoms with Crippen LogP contribution < -0.4 is 5.32 Å².